The van der Waals surface area contributed by atoms with E-state index in [2.05, 4.69) is 4.98 Å². The molecule has 0 spiro atoms. The number of aromatic nitrogens is 1. The van der Waals surface area contributed by atoms with Crippen molar-refractivity contribution in [1.82, 2.24) is 4.98 Å². The molecule has 1 heterocycles. The largest absolute Gasteiger partial charge is 0.480 e. The zero-order chi connectivity index (χ0) is 10.6. The number of carboxylic acids is 1. The molecule has 0 aliphatic rings. The van der Waals surface area contributed by atoms with Gasteiger partial charge in [0.15, 0.2) is 0 Å². The summed E-state index contributed by atoms with van der Waals surface area (Å²) in [7, 11) is 0. The van der Waals surface area contributed by atoms with Gasteiger partial charge in [0.2, 0.25) is 0 Å². The monoisotopic (exact) mass is 197 g/mol. The van der Waals surface area contributed by atoms with E-state index in [4.69, 9.17) is 10.8 Å². The van der Waals surface area contributed by atoms with Crippen molar-refractivity contribution in [3.63, 3.8) is 0 Å². The first-order chi connectivity index (χ1) is 6.63. The quantitative estimate of drug-likeness (QED) is 0.737. The second kappa shape index (κ2) is 4.66. The normalized spacial score (nSPS) is 12.4. The van der Waals surface area contributed by atoms with E-state index in [1.54, 1.807) is 12.1 Å². The van der Waals surface area contributed by atoms with Gasteiger partial charge < -0.3 is 10.8 Å². The van der Waals surface area contributed by atoms with Crippen LogP contribution in [0.2, 0.25) is 0 Å². The van der Waals surface area contributed by atoms with Gasteiger partial charge in [0.05, 0.1) is 0 Å². The lowest BCUT2D eigenvalue weighted by molar-refractivity contribution is -0.138. The van der Waals surface area contributed by atoms with Crippen LogP contribution in [0, 0.1) is 0 Å². The zero-order valence-corrected chi connectivity index (χ0v) is 7.48. The van der Waals surface area contributed by atoms with Gasteiger partial charge >= 0.3 is 5.97 Å². The molecule has 1 aromatic heterocycles. The van der Waals surface area contributed by atoms with Gasteiger partial charge in [0, 0.05) is 23.9 Å². The van der Waals surface area contributed by atoms with Gasteiger partial charge in [-0.25, -0.2) is 4.39 Å². The van der Waals surface area contributed by atoms with Crippen LogP contribution >= 0.6 is 0 Å². The molecule has 0 fully saturated rings. The maximum atomic E-state index is 12.1. The van der Waals surface area contributed by atoms with Gasteiger partial charge in [-0.3, -0.25) is 9.78 Å². The molecule has 1 rings (SSSR count). The van der Waals surface area contributed by atoms with Crippen molar-refractivity contribution in [1.29, 1.82) is 0 Å². The summed E-state index contributed by atoms with van der Waals surface area (Å²) in [5.74, 6) is -1.07. The summed E-state index contributed by atoms with van der Waals surface area (Å²) in [6.45, 7) is -0.571. The molecule has 1 atom stereocenters. The highest BCUT2D eigenvalue weighted by Gasteiger charge is 2.12. The Labute approximate surface area is 80.6 Å². The lowest BCUT2D eigenvalue weighted by Gasteiger charge is -2.05. The summed E-state index contributed by atoms with van der Waals surface area (Å²) in [6, 6.07) is 2.19. The number of aliphatic carboxylic acids is 1. The van der Waals surface area contributed by atoms with Crippen molar-refractivity contribution in [2.45, 2.75) is 19.1 Å². The first kappa shape index (κ1) is 10.6. The molecule has 1 unspecified atom stereocenters. The molecule has 0 saturated carbocycles. The number of hydrogen-bond acceptors (Lipinski definition) is 3. The van der Waals surface area contributed by atoms with E-state index >= 15 is 0 Å². The Morgan fingerprint density at radius 3 is 2.79 bits per heavy atom. The summed E-state index contributed by atoms with van der Waals surface area (Å²) in [5.41, 5.74) is 6.33. The van der Waals surface area contributed by atoms with Crippen LogP contribution in [0.4, 0.5) is 4.39 Å². The number of pyridine rings is 1. The fourth-order valence-electron chi connectivity index (χ4n) is 0.968. The number of carbonyl (C=O) groups is 1. The lowest BCUT2D eigenvalue weighted by atomic mass is 10.1. The second-order valence-electron chi connectivity index (χ2n) is 2.94. The Morgan fingerprint density at radius 1 is 1.64 bits per heavy atom. The van der Waals surface area contributed by atoms with E-state index in [-0.39, 0.29) is 6.42 Å². The number of alkyl halides is 1. The van der Waals surface area contributed by atoms with Crippen molar-refractivity contribution in [3.05, 3.63) is 29.6 Å². The van der Waals surface area contributed by atoms with Crippen LogP contribution in [-0.4, -0.2) is 22.1 Å². The summed E-state index contributed by atoms with van der Waals surface area (Å²) in [6.07, 6.45) is 1.53. The molecule has 0 saturated heterocycles. The van der Waals surface area contributed by atoms with Crippen LogP contribution in [0.3, 0.4) is 0 Å². The maximum absolute atomic E-state index is 12.1. The van der Waals surface area contributed by atoms with E-state index in [0.29, 0.717) is 11.3 Å². The third-order valence-corrected chi connectivity index (χ3v) is 1.79. The molecule has 0 aliphatic carbocycles. The highest BCUT2D eigenvalue weighted by atomic mass is 18.2. The highest BCUT2D eigenvalue weighted by molar-refractivity contribution is 5.73. The van der Waals surface area contributed by atoms with Crippen molar-refractivity contribution in [2.75, 3.05) is 0 Å². The van der Waals surface area contributed by atoms with Gasteiger partial charge in [-0.1, -0.05) is 6.07 Å². The third kappa shape index (κ3) is 2.77. The summed E-state index contributed by atoms with van der Waals surface area (Å²) in [5, 5.41) is 8.53. The average molecular weight is 197 g/mol. The fourth-order valence-corrected chi connectivity index (χ4v) is 0.968. The molecule has 0 amide bonds. The van der Waals surface area contributed by atoms with Crippen molar-refractivity contribution in [2.24, 2.45) is 5.73 Å². The predicted molar refractivity (Wildman–Crippen MR) is 48.4 cm³/mol. The Kier molecular flexibility index (Phi) is 3.53. The van der Waals surface area contributed by atoms with Gasteiger partial charge in [-0.15, -0.1) is 0 Å². The standard InChI is InChI=1S/C9H11FN2O2/c10-4-6-1-2-7(12-5-6)3-8(11)9(13)14/h1-2,5,8H,3-4,11H2,(H,13,14)/i10-1. The van der Waals surface area contributed by atoms with Crippen LogP contribution in [-0.2, 0) is 17.9 Å². The summed E-state index contributed by atoms with van der Waals surface area (Å²) >= 11 is 0. The van der Waals surface area contributed by atoms with Crippen molar-refractivity contribution >= 4 is 5.97 Å². The Bertz CT molecular complexity index is 313. The van der Waals surface area contributed by atoms with E-state index in [1.165, 1.54) is 6.20 Å². The van der Waals surface area contributed by atoms with E-state index < -0.39 is 18.7 Å². The van der Waals surface area contributed by atoms with Gasteiger partial charge in [0.25, 0.3) is 0 Å². The number of nitrogens with two attached hydrogens (primary N) is 1. The number of halogens is 1. The molecule has 3 N–H and O–H groups in total. The SMILES string of the molecule is NC(Cc1ccc(C[18F])cn1)C(=O)O. The van der Waals surface area contributed by atoms with E-state index in [0.717, 1.165) is 0 Å². The number of nitrogens with zero attached hydrogens (tertiary/aromatic N) is 1. The van der Waals surface area contributed by atoms with Crippen LogP contribution in [0.25, 0.3) is 0 Å². The minimum absolute atomic E-state index is 0.155. The molecule has 0 aliphatic heterocycles. The summed E-state index contributed by atoms with van der Waals surface area (Å²) in [4.78, 5) is 14.3. The molecule has 4 nitrogen and oxygen atoms in total. The Morgan fingerprint density at radius 2 is 2.36 bits per heavy atom. The summed E-state index contributed by atoms with van der Waals surface area (Å²) < 4.78 is 12.1. The zero-order valence-electron chi connectivity index (χ0n) is 7.48. The topological polar surface area (TPSA) is 76.2 Å². The number of hydrogen-bond donors (Lipinski definition) is 2. The molecular formula is C9H11FN2O2. The second-order valence-corrected chi connectivity index (χ2v) is 2.94. The minimum Gasteiger partial charge on any atom is -0.480 e. The van der Waals surface area contributed by atoms with Crippen LogP contribution in [0.1, 0.15) is 11.3 Å². The van der Waals surface area contributed by atoms with Crippen LogP contribution in [0.5, 0.6) is 0 Å². The molecule has 5 heteroatoms. The van der Waals surface area contributed by atoms with Crippen molar-refractivity contribution in [3.8, 4) is 0 Å². The van der Waals surface area contributed by atoms with Crippen LogP contribution < -0.4 is 5.73 Å². The molecule has 0 radical (unpaired) electrons. The van der Waals surface area contributed by atoms with E-state index in [1.807, 2.05) is 0 Å². The molecule has 0 aromatic carbocycles. The fraction of sp³-hybridized carbons (Fsp3) is 0.333. The Hall–Kier alpha value is -1.49. The molecule has 76 valence electrons. The number of carboxylic acid groups (broad SMARTS) is 1. The highest BCUT2D eigenvalue weighted by Crippen LogP contribution is 2.03. The smallest absolute Gasteiger partial charge is 0.320 e. The average Bonchev–Trinajstić information content (AvgIpc) is 2.19. The van der Waals surface area contributed by atoms with Gasteiger partial charge in [-0.2, -0.15) is 0 Å². The number of rotatable bonds is 4. The van der Waals surface area contributed by atoms with E-state index in [9.17, 15) is 9.18 Å². The van der Waals surface area contributed by atoms with Gasteiger partial charge in [0.1, 0.15) is 12.7 Å². The first-order valence-corrected chi connectivity index (χ1v) is 4.11. The molecule has 0 bridgehead atoms. The van der Waals surface area contributed by atoms with Gasteiger partial charge in [-0.05, 0) is 6.07 Å². The lowest BCUT2D eigenvalue weighted by Crippen LogP contribution is -2.32. The minimum atomic E-state index is -1.07. The molecule has 1 aromatic rings. The predicted octanol–water partition coefficient (Wildman–Crippen LogP) is 0.506. The molecule has 14 heavy (non-hydrogen) atoms. The van der Waals surface area contributed by atoms with Crippen LogP contribution in [0.15, 0.2) is 18.3 Å². The van der Waals surface area contributed by atoms with Crippen molar-refractivity contribution < 1.29 is 14.3 Å². The third-order valence-electron chi connectivity index (χ3n) is 1.79. The molecular weight excluding hydrogens is 186 g/mol. The maximum Gasteiger partial charge on any atom is 0.320 e. The Balaban J connectivity index is 2.64. The first-order valence-electron chi connectivity index (χ1n) is 4.11.